The highest BCUT2D eigenvalue weighted by Crippen LogP contribution is 2.28. The van der Waals surface area contributed by atoms with E-state index in [1.54, 1.807) is 24.3 Å². The summed E-state index contributed by atoms with van der Waals surface area (Å²) >= 11 is 0. The Hall–Kier alpha value is -2.14. The van der Waals surface area contributed by atoms with Gasteiger partial charge in [-0.3, -0.25) is 4.55 Å². The van der Waals surface area contributed by atoms with Crippen molar-refractivity contribution < 1.29 is 26.5 Å². The lowest BCUT2D eigenvalue weighted by Crippen LogP contribution is -2.10. The average molecular weight is 384 g/mol. The van der Waals surface area contributed by atoms with E-state index < -0.39 is 37.2 Å². The minimum absolute atomic E-state index is 0.152. The van der Waals surface area contributed by atoms with Crippen LogP contribution in [-0.2, 0) is 26.5 Å². The van der Waals surface area contributed by atoms with Gasteiger partial charge in [-0.1, -0.05) is 30.3 Å². The van der Waals surface area contributed by atoms with Gasteiger partial charge in [-0.05, 0) is 23.8 Å². The van der Waals surface area contributed by atoms with Crippen LogP contribution in [0.2, 0.25) is 0 Å². The van der Waals surface area contributed by atoms with E-state index in [2.05, 4.69) is 10.2 Å². The Bertz CT molecular complexity index is 970. The maximum atomic E-state index is 12.0. The molecule has 0 spiro atoms. The summed E-state index contributed by atoms with van der Waals surface area (Å²) in [6.07, 6.45) is 0. The Morgan fingerprint density at radius 2 is 1.64 bits per heavy atom. The summed E-state index contributed by atoms with van der Waals surface area (Å²) in [5.41, 5.74) is 0.529. The normalized spacial score (nSPS) is 12.6. The molecule has 2 aromatic carbocycles. The second-order valence-corrected chi connectivity index (χ2v) is 8.53. The maximum Gasteiger partial charge on any atom is 0.296 e. The first-order valence-electron chi connectivity index (χ1n) is 7.10. The molecule has 0 aliphatic carbocycles. The van der Waals surface area contributed by atoms with Gasteiger partial charge in [0.25, 0.3) is 10.1 Å². The van der Waals surface area contributed by atoms with Gasteiger partial charge in [0.05, 0.1) is 23.8 Å². The van der Waals surface area contributed by atoms with Gasteiger partial charge in [0, 0.05) is 0 Å². The van der Waals surface area contributed by atoms with Gasteiger partial charge < -0.3 is 5.11 Å². The van der Waals surface area contributed by atoms with Crippen LogP contribution in [-0.4, -0.2) is 38.9 Å². The smallest absolute Gasteiger partial charge is 0.296 e. The Balaban J connectivity index is 2.42. The minimum Gasteiger partial charge on any atom is -0.395 e. The highest BCUT2D eigenvalue weighted by atomic mass is 32.2. The second-order valence-electron chi connectivity index (χ2n) is 5.03. The topological polar surface area (TPSA) is 133 Å². The molecule has 25 heavy (non-hydrogen) atoms. The first-order valence-corrected chi connectivity index (χ1v) is 10.2. The fraction of sp³-hybridized carbons (Fsp3) is 0.200. The van der Waals surface area contributed by atoms with Crippen LogP contribution in [0.15, 0.2) is 68.6 Å². The standard InChI is InChI=1S/C15H16N2O6S2/c18-8-9-24(19,20)13-6-7-15(25(21,22)23)14(10-13)17-16-11-12-4-2-1-3-5-12/h1-7,10,18H,8-9,11H2,(H,21,22,23). The number of benzene rings is 2. The van der Waals surface area contributed by atoms with Crippen molar-refractivity contribution in [3.05, 3.63) is 54.1 Å². The van der Waals surface area contributed by atoms with Gasteiger partial charge in [-0.25, -0.2) is 8.42 Å². The van der Waals surface area contributed by atoms with Crippen molar-refractivity contribution in [3.63, 3.8) is 0 Å². The first-order chi connectivity index (χ1) is 11.7. The van der Waals surface area contributed by atoms with E-state index >= 15 is 0 Å². The zero-order chi connectivity index (χ0) is 18.5. The fourth-order valence-electron chi connectivity index (χ4n) is 2.00. The van der Waals surface area contributed by atoms with Crippen molar-refractivity contribution in [2.24, 2.45) is 10.2 Å². The number of hydrogen-bond acceptors (Lipinski definition) is 7. The molecule has 0 aromatic heterocycles. The minimum atomic E-state index is -4.60. The molecule has 2 rings (SSSR count). The molecule has 0 saturated carbocycles. The lowest BCUT2D eigenvalue weighted by atomic mass is 10.2. The Morgan fingerprint density at radius 1 is 0.960 bits per heavy atom. The van der Waals surface area contributed by atoms with Crippen molar-refractivity contribution in [2.75, 3.05) is 12.4 Å². The molecule has 2 N–H and O–H groups in total. The van der Waals surface area contributed by atoms with Crippen molar-refractivity contribution in [3.8, 4) is 0 Å². The predicted octanol–water partition coefficient (Wildman–Crippen LogP) is 1.98. The molecule has 8 nitrogen and oxygen atoms in total. The van der Waals surface area contributed by atoms with Crippen molar-refractivity contribution in [1.82, 2.24) is 0 Å². The molecule has 0 heterocycles. The Labute approximate surface area is 145 Å². The van der Waals surface area contributed by atoms with Gasteiger partial charge in [-0.2, -0.15) is 18.6 Å². The molecule has 10 heteroatoms. The number of hydrogen-bond donors (Lipinski definition) is 2. The maximum absolute atomic E-state index is 12.0. The summed E-state index contributed by atoms with van der Waals surface area (Å²) in [5.74, 6) is -0.515. The van der Waals surface area contributed by atoms with Crippen molar-refractivity contribution in [2.45, 2.75) is 16.3 Å². The molecule has 0 fully saturated rings. The van der Waals surface area contributed by atoms with E-state index in [1.807, 2.05) is 6.07 Å². The summed E-state index contributed by atoms with van der Waals surface area (Å²) in [4.78, 5) is -0.769. The summed E-state index contributed by atoms with van der Waals surface area (Å²) < 4.78 is 56.1. The van der Waals surface area contributed by atoms with Crippen LogP contribution in [0.4, 0.5) is 5.69 Å². The summed E-state index contributed by atoms with van der Waals surface area (Å²) in [7, 11) is -8.40. The first kappa shape index (κ1) is 19.2. The largest absolute Gasteiger partial charge is 0.395 e. The fourth-order valence-corrected chi connectivity index (χ4v) is 3.65. The molecule has 0 radical (unpaired) electrons. The number of aliphatic hydroxyl groups excluding tert-OH is 1. The molecular weight excluding hydrogens is 368 g/mol. The van der Waals surface area contributed by atoms with Gasteiger partial charge in [-0.15, -0.1) is 0 Å². The van der Waals surface area contributed by atoms with Gasteiger partial charge in [0.1, 0.15) is 10.6 Å². The Morgan fingerprint density at radius 3 is 2.24 bits per heavy atom. The molecule has 134 valence electrons. The second kappa shape index (κ2) is 7.83. The lowest BCUT2D eigenvalue weighted by molar-refractivity contribution is 0.319. The highest BCUT2D eigenvalue weighted by Gasteiger charge is 2.20. The summed E-state index contributed by atoms with van der Waals surface area (Å²) in [6.45, 7) is -0.424. The predicted molar refractivity (Wildman–Crippen MR) is 90.1 cm³/mol. The third kappa shape index (κ3) is 5.16. The Kier molecular flexibility index (Phi) is 6.01. The van der Waals surface area contributed by atoms with E-state index in [0.29, 0.717) is 0 Å². The van der Waals surface area contributed by atoms with Crippen LogP contribution in [0.3, 0.4) is 0 Å². The van der Waals surface area contributed by atoms with Crippen LogP contribution >= 0.6 is 0 Å². The molecule has 0 saturated heterocycles. The molecule has 0 unspecified atom stereocenters. The summed E-state index contributed by atoms with van der Waals surface area (Å²) in [6, 6.07) is 12.0. The number of aliphatic hydroxyl groups is 1. The quantitative estimate of drug-likeness (QED) is 0.554. The molecule has 0 amide bonds. The van der Waals surface area contributed by atoms with E-state index in [9.17, 15) is 21.4 Å². The van der Waals surface area contributed by atoms with Gasteiger partial charge >= 0.3 is 0 Å². The number of nitrogens with zero attached hydrogens (tertiary/aromatic N) is 2. The van der Waals surface area contributed by atoms with Crippen LogP contribution in [0, 0.1) is 0 Å². The van der Waals surface area contributed by atoms with Crippen LogP contribution < -0.4 is 0 Å². The molecular formula is C15H16N2O6S2. The van der Waals surface area contributed by atoms with Crippen LogP contribution in [0.25, 0.3) is 0 Å². The van der Waals surface area contributed by atoms with Gasteiger partial charge in [0.15, 0.2) is 9.84 Å². The molecule has 0 aliphatic heterocycles. The zero-order valence-corrected chi connectivity index (χ0v) is 14.6. The number of rotatable bonds is 7. The van der Waals surface area contributed by atoms with E-state index in [4.69, 9.17) is 5.11 Å². The average Bonchev–Trinajstić information content (AvgIpc) is 2.55. The van der Waals surface area contributed by atoms with Crippen LogP contribution in [0.5, 0.6) is 0 Å². The third-order valence-corrected chi connectivity index (χ3v) is 5.80. The van der Waals surface area contributed by atoms with E-state index in [0.717, 1.165) is 23.8 Å². The van der Waals surface area contributed by atoms with E-state index in [1.165, 1.54) is 0 Å². The van der Waals surface area contributed by atoms with E-state index in [-0.39, 0.29) is 17.1 Å². The SMILES string of the molecule is O=S(=O)(O)c1ccc(S(=O)(=O)CCO)cc1N=NCc1ccccc1. The lowest BCUT2D eigenvalue weighted by Gasteiger charge is -2.06. The van der Waals surface area contributed by atoms with Crippen molar-refractivity contribution in [1.29, 1.82) is 0 Å². The van der Waals surface area contributed by atoms with Crippen molar-refractivity contribution >= 4 is 25.6 Å². The van der Waals surface area contributed by atoms with Gasteiger partial charge in [0.2, 0.25) is 0 Å². The highest BCUT2D eigenvalue weighted by molar-refractivity contribution is 7.91. The number of azo groups is 1. The molecule has 0 atom stereocenters. The molecule has 0 bridgehead atoms. The monoisotopic (exact) mass is 384 g/mol. The molecule has 2 aromatic rings. The zero-order valence-electron chi connectivity index (χ0n) is 13.0. The third-order valence-electron chi connectivity index (χ3n) is 3.20. The number of sulfone groups is 1. The summed E-state index contributed by atoms with van der Waals surface area (Å²) in [5, 5.41) is 16.4. The molecule has 0 aliphatic rings. The van der Waals surface area contributed by atoms with Crippen LogP contribution in [0.1, 0.15) is 5.56 Å².